The first-order valence-electron chi connectivity index (χ1n) is 4.18. The largest absolute Gasteiger partial charge is 0.465 e. The van der Waals surface area contributed by atoms with Gasteiger partial charge in [-0.15, -0.1) is 0 Å². The smallest absolute Gasteiger partial charge is 0.146 e. The maximum atomic E-state index is 9.68. The Kier molecular flexibility index (Phi) is 2.24. The van der Waals surface area contributed by atoms with E-state index in [1.54, 1.807) is 6.26 Å². The third-order valence-corrected chi connectivity index (χ3v) is 2.86. The normalized spacial score (nSPS) is 19.5. The van der Waals surface area contributed by atoms with Crippen molar-refractivity contribution in [2.24, 2.45) is 5.92 Å². The van der Waals surface area contributed by atoms with Gasteiger partial charge in [0, 0.05) is 0 Å². The Morgan fingerprint density at radius 1 is 1.67 bits per heavy atom. The standard InChI is InChI=1S/C9H11BrO2/c10-7-3-4-12-9(7)8(11)5-6-1-2-6/h3-4,6,8,11H,1-2,5H2. The van der Waals surface area contributed by atoms with Crippen molar-refractivity contribution in [3.05, 3.63) is 22.6 Å². The lowest BCUT2D eigenvalue weighted by atomic mass is 10.1. The third kappa shape index (κ3) is 1.72. The molecule has 1 aliphatic carbocycles. The summed E-state index contributed by atoms with van der Waals surface area (Å²) in [5, 5.41) is 9.68. The van der Waals surface area contributed by atoms with Gasteiger partial charge in [-0.05, 0) is 34.3 Å². The van der Waals surface area contributed by atoms with Crippen molar-refractivity contribution in [3.8, 4) is 0 Å². The number of halogens is 1. The van der Waals surface area contributed by atoms with Gasteiger partial charge in [0.2, 0.25) is 0 Å². The van der Waals surface area contributed by atoms with E-state index in [0.717, 1.165) is 16.8 Å². The van der Waals surface area contributed by atoms with Gasteiger partial charge >= 0.3 is 0 Å². The SMILES string of the molecule is OC(CC1CC1)c1occc1Br. The molecule has 3 heteroatoms. The second-order valence-corrected chi connectivity index (χ2v) is 4.18. The number of aliphatic hydroxyl groups excluding tert-OH is 1. The molecule has 1 aromatic heterocycles. The molecule has 1 unspecified atom stereocenters. The molecule has 2 rings (SSSR count). The van der Waals surface area contributed by atoms with E-state index in [0.29, 0.717) is 5.76 Å². The highest BCUT2D eigenvalue weighted by atomic mass is 79.9. The molecule has 0 spiro atoms. The van der Waals surface area contributed by atoms with Crippen LogP contribution < -0.4 is 0 Å². The van der Waals surface area contributed by atoms with Crippen molar-refractivity contribution < 1.29 is 9.52 Å². The van der Waals surface area contributed by atoms with E-state index in [4.69, 9.17) is 4.42 Å². The summed E-state index contributed by atoms with van der Waals surface area (Å²) in [6.07, 6.45) is 4.52. The van der Waals surface area contributed by atoms with Crippen LogP contribution in [-0.4, -0.2) is 5.11 Å². The van der Waals surface area contributed by atoms with E-state index in [-0.39, 0.29) is 0 Å². The third-order valence-electron chi connectivity index (χ3n) is 2.20. The summed E-state index contributed by atoms with van der Waals surface area (Å²) in [6, 6.07) is 1.81. The monoisotopic (exact) mass is 230 g/mol. The minimum Gasteiger partial charge on any atom is -0.465 e. The zero-order valence-corrected chi connectivity index (χ0v) is 8.25. The molecule has 0 amide bonds. The summed E-state index contributed by atoms with van der Waals surface area (Å²) in [7, 11) is 0. The van der Waals surface area contributed by atoms with Crippen LogP contribution in [0.1, 0.15) is 31.1 Å². The van der Waals surface area contributed by atoms with Gasteiger partial charge in [0.25, 0.3) is 0 Å². The van der Waals surface area contributed by atoms with Crippen LogP contribution in [0.3, 0.4) is 0 Å². The fourth-order valence-electron chi connectivity index (χ4n) is 1.32. The Hall–Kier alpha value is -0.280. The van der Waals surface area contributed by atoms with Crippen LogP contribution in [0.2, 0.25) is 0 Å². The van der Waals surface area contributed by atoms with Gasteiger partial charge in [-0.1, -0.05) is 12.8 Å². The van der Waals surface area contributed by atoms with Crippen LogP contribution in [0.15, 0.2) is 21.2 Å². The minimum absolute atomic E-state index is 0.429. The predicted octanol–water partition coefficient (Wildman–Crippen LogP) is 2.88. The van der Waals surface area contributed by atoms with Crippen LogP contribution in [0.25, 0.3) is 0 Å². The first-order valence-corrected chi connectivity index (χ1v) is 4.97. The minimum atomic E-state index is -0.429. The zero-order chi connectivity index (χ0) is 8.55. The number of hydrogen-bond donors (Lipinski definition) is 1. The Bertz CT molecular complexity index is 265. The molecule has 1 aromatic rings. The van der Waals surface area contributed by atoms with Gasteiger partial charge < -0.3 is 9.52 Å². The van der Waals surface area contributed by atoms with E-state index in [9.17, 15) is 5.11 Å². The predicted molar refractivity (Wildman–Crippen MR) is 48.7 cm³/mol. The summed E-state index contributed by atoms with van der Waals surface area (Å²) in [5.41, 5.74) is 0. The van der Waals surface area contributed by atoms with E-state index in [2.05, 4.69) is 15.9 Å². The molecule has 12 heavy (non-hydrogen) atoms. The quantitative estimate of drug-likeness (QED) is 0.867. The van der Waals surface area contributed by atoms with Crippen molar-refractivity contribution in [3.63, 3.8) is 0 Å². The summed E-state index contributed by atoms with van der Waals surface area (Å²) in [4.78, 5) is 0. The molecule has 2 nitrogen and oxygen atoms in total. The first kappa shape index (κ1) is 8.32. The maximum absolute atomic E-state index is 9.68. The number of furan rings is 1. The Labute approximate surface area is 79.7 Å². The lowest BCUT2D eigenvalue weighted by molar-refractivity contribution is 0.133. The van der Waals surface area contributed by atoms with Crippen LogP contribution in [0.5, 0.6) is 0 Å². The Morgan fingerprint density at radius 3 is 2.92 bits per heavy atom. The van der Waals surface area contributed by atoms with Gasteiger partial charge in [-0.2, -0.15) is 0 Å². The number of hydrogen-bond acceptors (Lipinski definition) is 2. The van der Waals surface area contributed by atoms with Gasteiger partial charge in [0.1, 0.15) is 11.9 Å². The topological polar surface area (TPSA) is 33.4 Å². The molecular weight excluding hydrogens is 220 g/mol. The molecule has 1 N–H and O–H groups in total. The van der Waals surface area contributed by atoms with Crippen molar-refractivity contribution >= 4 is 15.9 Å². The van der Waals surface area contributed by atoms with E-state index >= 15 is 0 Å². The van der Waals surface area contributed by atoms with E-state index in [1.165, 1.54) is 12.8 Å². The van der Waals surface area contributed by atoms with Crippen molar-refractivity contribution in [2.75, 3.05) is 0 Å². The molecule has 1 atom stereocenters. The lowest BCUT2D eigenvalue weighted by Crippen LogP contribution is -1.97. The van der Waals surface area contributed by atoms with Crippen molar-refractivity contribution in [1.82, 2.24) is 0 Å². The van der Waals surface area contributed by atoms with Crippen LogP contribution in [0, 0.1) is 5.92 Å². The fourth-order valence-corrected chi connectivity index (χ4v) is 1.79. The molecule has 66 valence electrons. The van der Waals surface area contributed by atoms with Crippen LogP contribution in [0.4, 0.5) is 0 Å². The average Bonchev–Trinajstić information content (AvgIpc) is 2.72. The highest BCUT2D eigenvalue weighted by Crippen LogP contribution is 2.39. The molecule has 1 fully saturated rings. The molecule has 0 radical (unpaired) electrons. The summed E-state index contributed by atoms with van der Waals surface area (Å²) in [6.45, 7) is 0. The lowest BCUT2D eigenvalue weighted by Gasteiger charge is -2.06. The Balaban J connectivity index is 2.02. The number of aliphatic hydroxyl groups is 1. The number of rotatable bonds is 3. The zero-order valence-electron chi connectivity index (χ0n) is 6.66. The molecule has 0 bridgehead atoms. The second kappa shape index (κ2) is 3.23. The summed E-state index contributed by atoms with van der Waals surface area (Å²) >= 11 is 3.32. The van der Waals surface area contributed by atoms with Crippen molar-refractivity contribution in [1.29, 1.82) is 0 Å². The average molecular weight is 231 g/mol. The molecule has 1 heterocycles. The Morgan fingerprint density at radius 2 is 2.42 bits per heavy atom. The van der Waals surface area contributed by atoms with Gasteiger partial charge in [0.15, 0.2) is 0 Å². The fraction of sp³-hybridized carbons (Fsp3) is 0.556. The van der Waals surface area contributed by atoms with Crippen LogP contribution >= 0.6 is 15.9 Å². The summed E-state index contributed by atoms with van der Waals surface area (Å²) in [5.74, 6) is 1.39. The van der Waals surface area contributed by atoms with Crippen molar-refractivity contribution in [2.45, 2.75) is 25.4 Å². The van der Waals surface area contributed by atoms with Crippen LogP contribution in [-0.2, 0) is 0 Å². The molecule has 1 aliphatic rings. The summed E-state index contributed by atoms with van der Waals surface area (Å²) < 4.78 is 6.03. The van der Waals surface area contributed by atoms with Gasteiger partial charge in [-0.25, -0.2) is 0 Å². The maximum Gasteiger partial charge on any atom is 0.146 e. The highest BCUT2D eigenvalue weighted by Gasteiger charge is 2.27. The van der Waals surface area contributed by atoms with Gasteiger partial charge in [-0.3, -0.25) is 0 Å². The highest BCUT2D eigenvalue weighted by molar-refractivity contribution is 9.10. The molecule has 0 aromatic carbocycles. The van der Waals surface area contributed by atoms with E-state index in [1.807, 2.05) is 6.07 Å². The molecule has 1 saturated carbocycles. The van der Waals surface area contributed by atoms with Gasteiger partial charge in [0.05, 0.1) is 10.7 Å². The molecule has 0 aliphatic heterocycles. The first-order chi connectivity index (χ1) is 5.77. The second-order valence-electron chi connectivity index (χ2n) is 3.33. The molecular formula is C9H11BrO2. The van der Waals surface area contributed by atoms with E-state index < -0.39 is 6.10 Å². The molecule has 0 saturated heterocycles.